The number of fused-ring (bicyclic) bond motifs is 1. The van der Waals surface area contributed by atoms with E-state index in [2.05, 4.69) is 53.1 Å². The van der Waals surface area contributed by atoms with Crippen molar-refractivity contribution >= 4 is 10.9 Å². The van der Waals surface area contributed by atoms with E-state index in [4.69, 9.17) is 4.98 Å². The van der Waals surface area contributed by atoms with Gasteiger partial charge in [-0.3, -0.25) is 0 Å². The highest BCUT2D eigenvalue weighted by molar-refractivity contribution is 5.97. The molecule has 0 saturated carbocycles. The average Bonchev–Trinajstić information content (AvgIpc) is 2.88. The number of aromatic nitrogens is 3. The Labute approximate surface area is 118 Å². The number of nitrogens with one attached hydrogen (secondary N) is 2. The van der Waals surface area contributed by atoms with E-state index in [1.54, 1.807) is 0 Å². The Morgan fingerprint density at radius 3 is 2.75 bits per heavy atom. The van der Waals surface area contributed by atoms with Crippen LogP contribution in [0.25, 0.3) is 22.2 Å². The van der Waals surface area contributed by atoms with E-state index in [1.165, 1.54) is 27.9 Å². The summed E-state index contributed by atoms with van der Waals surface area (Å²) in [7, 11) is 4.04. The number of hydrogen-bond acceptors (Lipinski definition) is 2. The minimum atomic E-state index is 0.774. The number of benzene rings is 1. The Kier molecular flexibility index (Phi) is 3.10. The molecule has 2 heterocycles. The summed E-state index contributed by atoms with van der Waals surface area (Å²) in [5.74, 6) is 1.04. The predicted octanol–water partition coefficient (Wildman–Crippen LogP) is 2.90. The first-order valence-corrected chi connectivity index (χ1v) is 6.88. The molecular formula is C16H20N4. The third-order valence-electron chi connectivity index (χ3n) is 3.87. The van der Waals surface area contributed by atoms with Crippen molar-refractivity contribution in [3.8, 4) is 11.3 Å². The molecule has 0 atom stereocenters. The molecule has 0 fully saturated rings. The lowest BCUT2D eigenvalue weighted by Gasteiger charge is -2.07. The molecule has 0 spiro atoms. The quantitative estimate of drug-likeness (QED) is 0.767. The molecule has 4 nitrogen and oxygen atoms in total. The summed E-state index contributed by atoms with van der Waals surface area (Å²) in [6.07, 6.45) is 0. The molecule has 0 aliphatic rings. The third kappa shape index (κ3) is 1.84. The normalized spacial score (nSPS) is 11.4. The summed E-state index contributed by atoms with van der Waals surface area (Å²) in [6, 6.07) is 8.43. The van der Waals surface area contributed by atoms with Gasteiger partial charge in [0.05, 0.1) is 11.4 Å². The fourth-order valence-corrected chi connectivity index (χ4v) is 2.86. The molecule has 1 aromatic carbocycles. The van der Waals surface area contributed by atoms with E-state index in [0.717, 1.165) is 18.1 Å². The van der Waals surface area contributed by atoms with Crippen LogP contribution in [-0.4, -0.2) is 21.6 Å². The number of nitrogens with zero attached hydrogens (tertiary/aromatic N) is 2. The van der Waals surface area contributed by atoms with Gasteiger partial charge in [-0.25, -0.2) is 4.98 Å². The van der Waals surface area contributed by atoms with Crippen molar-refractivity contribution in [2.24, 2.45) is 7.05 Å². The van der Waals surface area contributed by atoms with Crippen molar-refractivity contribution < 1.29 is 0 Å². The molecule has 2 aromatic heterocycles. The second kappa shape index (κ2) is 4.80. The molecule has 0 unspecified atom stereocenters. The number of imidazole rings is 1. The van der Waals surface area contributed by atoms with Gasteiger partial charge in [0.1, 0.15) is 5.82 Å². The number of aromatic amines is 1. The SMILES string of the molecule is CNCc1nc(C)n(C)c1-c1c(C)[nH]c2ccccc12. The third-order valence-corrected chi connectivity index (χ3v) is 3.87. The van der Waals surface area contributed by atoms with Crippen molar-refractivity contribution in [2.45, 2.75) is 20.4 Å². The second-order valence-corrected chi connectivity index (χ2v) is 5.21. The summed E-state index contributed by atoms with van der Waals surface area (Å²) in [6.45, 7) is 4.95. The predicted molar refractivity (Wildman–Crippen MR) is 82.7 cm³/mol. The van der Waals surface area contributed by atoms with E-state index >= 15 is 0 Å². The Hall–Kier alpha value is -2.07. The van der Waals surface area contributed by atoms with Crippen molar-refractivity contribution in [3.05, 3.63) is 41.5 Å². The monoisotopic (exact) mass is 268 g/mol. The van der Waals surface area contributed by atoms with E-state index in [-0.39, 0.29) is 0 Å². The summed E-state index contributed by atoms with van der Waals surface area (Å²) in [4.78, 5) is 8.16. The van der Waals surface area contributed by atoms with E-state index in [9.17, 15) is 0 Å². The van der Waals surface area contributed by atoms with Crippen molar-refractivity contribution in [1.82, 2.24) is 19.9 Å². The Morgan fingerprint density at radius 2 is 2.00 bits per heavy atom. The zero-order valence-electron chi connectivity index (χ0n) is 12.4. The van der Waals surface area contributed by atoms with Crippen LogP contribution in [-0.2, 0) is 13.6 Å². The molecule has 0 aliphatic heterocycles. The van der Waals surface area contributed by atoms with Gasteiger partial charge in [-0.05, 0) is 27.0 Å². The molecule has 0 amide bonds. The van der Waals surface area contributed by atoms with Crippen LogP contribution in [0.15, 0.2) is 24.3 Å². The maximum atomic E-state index is 4.69. The fraction of sp³-hybridized carbons (Fsp3) is 0.312. The van der Waals surface area contributed by atoms with Crippen LogP contribution in [0, 0.1) is 13.8 Å². The van der Waals surface area contributed by atoms with Gasteiger partial charge >= 0.3 is 0 Å². The number of rotatable bonds is 3. The van der Waals surface area contributed by atoms with Gasteiger partial charge in [0, 0.05) is 35.8 Å². The molecule has 0 bridgehead atoms. The molecule has 2 N–H and O–H groups in total. The standard InChI is InChI=1S/C16H20N4/c1-10-15(12-7-5-6-8-13(12)18-10)16-14(9-17-3)19-11(2)20(16)4/h5-8,17-18H,9H2,1-4H3. The van der Waals surface area contributed by atoms with E-state index < -0.39 is 0 Å². The Bertz CT molecular complexity index is 764. The lowest BCUT2D eigenvalue weighted by molar-refractivity contribution is 0.796. The van der Waals surface area contributed by atoms with Crippen LogP contribution in [0.4, 0.5) is 0 Å². The zero-order chi connectivity index (χ0) is 14.3. The van der Waals surface area contributed by atoms with Crippen molar-refractivity contribution in [3.63, 3.8) is 0 Å². The first kappa shape index (κ1) is 12.9. The molecule has 0 saturated heterocycles. The minimum absolute atomic E-state index is 0.774. The summed E-state index contributed by atoms with van der Waals surface area (Å²) in [5, 5.41) is 4.46. The topological polar surface area (TPSA) is 45.6 Å². The van der Waals surface area contributed by atoms with Gasteiger partial charge in [0.25, 0.3) is 0 Å². The number of hydrogen-bond donors (Lipinski definition) is 2. The van der Waals surface area contributed by atoms with Gasteiger partial charge in [0.2, 0.25) is 0 Å². The lowest BCUT2D eigenvalue weighted by Crippen LogP contribution is -2.07. The Balaban J connectivity index is 2.33. The molecule has 3 rings (SSSR count). The Morgan fingerprint density at radius 1 is 1.25 bits per heavy atom. The van der Waals surface area contributed by atoms with Crippen molar-refractivity contribution in [1.29, 1.82) is 0 Å². The molecule has 0 radical (unpaired) electrons. The zero-order valence-corrected chi connectivity index (χ0v) is 12.4. The number of para-hydroxylation sites is 1. The summed E-state index contributed by atoms with van der Waals surface area (Å²) in [5.41, 5.74) is 5.92. The van der Waals surface area contributed by atoms with Gasteiger partial charge < -0.3 is 14.9 Å². The molecule has 3 aromatic rings. The molecule has 104 valence electrons. The maximum absolute atomic E-state index is 4.69. The van der Waals surface area contributed by atoms with Crippen LogP contribution in [0.2, 0.25) is 0 Å². The van der Waals surface area contributed by atoms with E-state index in [1.807, 2.05) is 14.0 Å². The summed E-state index contributed by atoms with van der Waals surface area (Å²) < 4.78 is 2.18. The smallest absolute Gasteiger partial charge is 0.106 e. The molecule has 4 heteroatoms. The van der Waals surface area contributed by atoms with Crippen molar-refractivity contribution in [2.75, 3.05) is 7.05 Å². The molecular weight excluding hydrogens is 248 g/mol. The number of aryl methyl sites for hydroxylation is 2. The van der Waals surface area contributed by atoms with Crippen LogP contribution >= 0.6 is 0 Å². The molecule has 20 heavy (non-hydrogen) atoms. The first-order valence-electron chi connectivity index (χ1n) is 6.88. The largest absolute Gasteiger partial charge is 0.358 e. The summed E-state index contributed by atoms with van der Waals surface area (Å²) >= 11 is 0. The highest BCUT2D eigenvalue weighted by Gasteiger charge is 2.19. The minimum Gasteiger partial charge on any atom is -0.358 e. The average molecular weight is 268 g/mol. The number of H-pyrrole nitrogens is 1. The van der Waals surface area contributed by atoms with Gasteiger partial charge in [-0.1, -0.05) is 18.2 Å². The van der Waals surface area contributed by atoms with Crippen LogP contribution in [0.1, 0.15) is 17.2 Å². The highest BCUT2D eigenvalue weighted by Crippen LogP contribution is 2.34. The first-order chi connectivity index (χ1) is 9.63. The van der Waals surface area contributed by atoms with Crippen LogP contribution in [0.5, 0.6) is 0 Å². The van der Waals surface area contributed by atoms with Crippen LogP contribution in [0.3, 0.4) is 0 Å². The van der Waals surface area contributed by atoms with Gasteiger partial charge in [-0.2, -0.15) is 0 Å². The van der Waals surface area contributed by atoms with E-state index in [0.29, 0.717) is 0 Å². The maximum Gasteiger partial charge on any atom is 0.106 e. The van der Waals surface area contributed by atoms with Crippen LogP contribution < -0.4 is 5.32 Å². The second-order valence-electron chi connectivity index (χ2n) is 5.21. The lowest BCUT2D eigenvalue weighted by atomic mass is 10.1. The fourth-order valence-electron chi connectivity index (χ4n) is 2.86. The highest BCUT2D eigenvalue weighted by atomic mass is 15.1. The van der Waals surface area contributed by atoms with Gasteiger partial charge in [0.15, 0.2) is 0 Å². The molecule has 0 aliphatic carbocycles. The van der Waals surface area contributed by atoms with Gasteiger partial charge in [-0.15, -0.1) is 0 Å².